The second-order valence-corrected chi connectivity index (χ2v) is 5.57. The molecule has 8 nitrogen and oxygen atoms in total. The molecule has 4 N–H and O–H groups in total. The number of nitrogens with zero attached hydrogens (tertiary/aromatic N) is 2. The molecule has 21 heavy (non-hydrogen) atoms. The van der Waals surface area contributed by atoms with Crippen LogP contribution in [0.2, 0.25) is 0 Å². The number of hydrogen-bond donors (Lipinski definition) is 4. The largest absolute Gasteiger partial charge is 0.480 e. The molecule has 0 aromatic rings. The molecular weight excluding hydrogens is 276 g/mol. The summed E-state index contributed by atoms with van der Waals surface area (Å²) in [4.78, 5) is 26.6. The molecule has 2 atom stereocenters. The topological polar surface area (TPSA) is 105 Å². The van der Waals surface area contributed by atoms with E-state index >= 15 is 0 Å². The number of carboxylic acid groups (broad SMARTS) is 1. The second kappa shape index (κ2) is 7.58. The van der Waals surface area contributed by atoms with Gasteiger partial charge in [-0.2, -0.15) is 0 Å². The van der Waals surface area contributed by atoms with Crippen LogP contribution in [0, 0.1) is 0 Å². The van der Waals surface area contributed by atoms with Crippen molar-refractivity contribution in [2.75, 3.05) is 45.8 Å². The minimum Gasteiger partial charge on any atom is -0.480 e. The highest BCUT2D eigenvalue weighted by Crippen LogP contribution is 2.17. The first-order valence-electron chi connectivity index (χ1n) is 7.46. The number of aliphatic hydroxyl groups excluding tert-OH is 1. The maximum Gasteiger partial charge on any atom is 0.326 e. The second-order valence-electron chi connectivity index (χ2n) is 5.57. The van der Waals surface area contributed by atoms with Gasteiger partial charge in [0.15, 0.2) is 0 Å². The van der Waals surface area contributed by atoms with E-state index in [4.69, 9.17) is 5.11 Å². The van der Waals surface area contributed by atoms with Gasteiger partial charge in [-0.25, -0.2) is 9.59 Å². The highest BCUT2D eigenvalue weighted by molar-refractivity contribution is 5.83. The standard InChI is InChI=1S/C13H24N4O4/c18-10-8-11(12(19)20)17(9-10)13(21)15-2-1-5-16-6-3-14-4-7-16/h10-11,14,18H,1-9H2,(H,15,21)(H,19,20)/t10-,11-/m1/s1. The van der Waals surface area contributed by atoms with Crippen LogP contribution in [0.25, 0.3) is 0 Å². The summed E-state index contributed by atoms with van der Waals surface area (Å²) in [6, 6.07) is -1.33. The monoisotopic (exact) mass is 300 g/mol. The molecule has 2 aliphatic rings. The van der Waals surface area contributed by atoms with Gasteiger partial charge in [-0.3, -0.25) is 0 Å². The highest BCUT2D eigenvalue weighted by Gasteiger charge is 2.38. The number of likely N-dealkylation sites (tertiary alicyclic amines) is 1. The fourth-order valence-corrected chi connectivity index (χ4v) is 2.81. The zero-order valence-corrected chi connectivity index (χ0v) is 12.1. The number of urea groups is 1. The van der Waals surface area contributed by atoms with Crippen LogP contribution in [0.4, 0.5) is 4.79 Å². The normalized spacial score (nSPS) is 26.8. The number of hydrogen-bond acceptors (Lipinski definition) is 5. The fourth-order valence-electron chi connectivity index (χ4n) is 2.81. The summed E-state index contributed by atoms with van der Waals surface area (Å²) in [5, 5.41) is 24.6. The first kappa shape index (κ1) is 16.0. The molecule has 0 bridgehead atoms. The molecule has 2 aliphatic heterocycles. The van der Waals surface area contributed by atoms with Gasteiger partial charge in [0.2, 0.25) is 0 Å². The van der Waals surface area contributed by atoms with E-state index < -0.39 is 24.1 Å². The third kappa shape index (κ3) is 4.55. The zero-order chi connectivity index (χ0) is 15.2. The van der Waals surface area contributed by atoms with Crippen molar-refractivity contribution in [3.63, 3.8) is 0 Å². The Kier molecular flexibility index (Phi) is 5.77. The molecule has 0 aliphatic carbocycles. The van der Waals surface area contributed by atoms with Crippen molar-refractivity contribution in [3.05, 3.63) is 0 Å². The Morgan fingerprint density at radius 1 is 1.29 bits per heavy atom. The maximum atomic E-state index is 12.0. The Morgan fingerprint density at radius 2 is 2.00 bits per heavy atom. The predicted octanol–water partition coefficient (Wildman–Crippen LogP) is -1.49. The van der Waals surface area contributed by atoms with Crippen LogP contribution in [-0.4, -0.2) is 90.0 Å². The Hall–Kier alpha value is -1.38. The van der Waals surface area contributed by atoms with E-state index in [1.165, 1.54) is 4.90 Å². The molecular formula is C13H24N4O4. The lowest BCUT2D eigenvalue weighted by atomic mass is 10.2. The number of carbonyl (C=O) groups is 2. The van der Waals surface area contributed by atoms with Crippen molar-refractivity contribution < 1.29 is 19.8 Å². The van der Waals surface area contributed by atoms with Crippen LogP contribution < -0.4 is 10.6 Å². The molecule has 0 saturated carbocycles. The summed E-state index contributed by atoms with van der Waals surface area (Å²) in [7, 11) is 0. The number of amides is 2. The van der Waals surface area contributed by atoms with Gasteiger partial charge in [-0.1, -0.05) is 0 Å². The minimum atomic E-state index is -1.07. The van der Waals surface area contributed by atoms with Crippen LogP contribution in [-0.2, 0) is 4.79 Å². The van der Waals surface area contributed by atoms with Gasteiger partial charge in [0.05, 0.1) is 6.10 Å². The van der Waals surface area contributed by atoms with E-state index in [2.05, 4.69) is 15.5 Å². The average molecular weight is 300 g/mol. The number of carbonyl (C=O) groups excluding carboxylic acids is 1. The highest BCUT2D eigenvalue weighted by atomic mass is 16.4. The van der Waals surface area contributed by atoms with Gasteiger partial charge in [-0.05, 0) is 13.0 Å². The Bertz CT molecular complexity index is 373. The van der Waals surface area contributed by atoms with Crippen molar-refractivity contribution in [3.8, 4) is 0 Å². The molecule has 0 aromatic carbocycles. The fraction of sp³-hybridized carbons (Fsp3) is 0.846. The molecule has 2 rings (SSSR count). The van der Waals surface area contributed by atoms with Gasteiger partial charge >= 0.3 is 12.0 Å². The molecule has 0 spiro atoms. The molecule has 2 fully saturated rings. The number of aliphatic carboxylic acids is 1. The Morgan fingerprint density at radius 3 is 2.67 bits per heavy atom. The van der Waals surface area contributed by atoms with E-state index in [1.54, 1.807) is 0 Å². The van der Waals surface area contributed by atoms with Crippen molar-refractivity contribution in [2.24, 2.45) is 0 Å². The molecule has 0 aromatic heterocycles. The van der Waals surface area contributed by atoms with Crippen molar-refractivity contribution in [1.82, 2.24) is 20.4 Å². The summed E-state index contributed by atoms with van der Waals surface area (Å²) in [5.74, 6) is -1.07. The number of nitrogens with one attached hydrogen (secondary N) is 2. The van der Waals surface area contributed by atoms with E-state index in [9.17, 15) is 14.7 Å². The maximum absolute atomic E-state index is 12.0. The van der Waals surface area contributed by atoms with Gasteiger partial charge in [0.25, 0.3) is 0 Å². The van der Waals surface area contributed by atoms with Gasteiger partial charge < -0.3 is 30.6 Å². The molecule has 0 unspecified atom stereocenters. The smallest absolute Gasteiger partial charge is 0.326 e. The molecule has 120 valence electrons. The van der Waals surface area contributed by atoms with Crippen LogP contribution in [0.1, 0.15) is 12.8 Å². The molecule has 2 saturated heterocycles. The lowest BCUT2D eigenvalue weighted by molar-refractivity contribution is -0.141. The lowest BCUT2D eigenvalue weighted by Gasteiger charge is -2.27. The number of rotatable bonds is 5. The number of β-amino-alcohol motifs (C(OH)–C–C–N with tert-alkyl or cyclic N) is 1. The van der Waals surface area contributed by atoms with Crippen LogP contribution in [0.15, 0.2) is 0 Å². The number of aliphatic hydroxyl groups is 1. The first-order chi connectivity index (χ1) is 10.1. The Balaban J connectivity index is 1.67. The SMILES string of the molecule is O=C(O)[C@H]1C[C@@H](O)CN1C(=O)NCCCN1CCNCC1. The third-order valence-electron chi connectivity index (χ3n) is 3.96. The first-order valence-corrected chi connectivity index (χ1v) is 7.46. The summed E-state index contributed by atoms with van der Waals surface area (Å²) in [6.07, 6.45) is 0.182. The summed E-state index contributed by atoms with van der Waals surface area (Å²) in [6.45, 7) is 5.56. The van der Waals surface area contributed by atoms with E-state index in [0.717, 1.165) is 39.1 Å². The number of piperazine rings is 1. The van der Waals surface area contributed by atoms with Crippen LogP contribution in [0.3, 0.4) is 0 Å². The van der Waals surface area contributed by atoms with E-state index in [0.29, 0.717) is 6.54 Å². The lowest BCUT2D eigenvalue weighted by Crippen LogP contribution is -2.47. The zero-order valence-electron chi connectivity index (χ0n) is 12.1. The molecule has 0 radical (unpaired) electrons. The van der Waals surface area contributed by atoms with Gasteiger partial charge in [0, 0.05) is 45.7 Å². The van der Waals surface area contributed by atoms with Crippen molar-refractivity contribution >= 4 is 12.0 Å². The Labute approximate surface area is 124 Å². The summed E-state index contributed by atoms with van der Waals surface area (Å²) < 4.78 is 0. The minimum absolute atomic E-state index is 0.0839. The predicted molar refractivity (Wildman–Crippen MR) is 76.1 cm³/mol. The van der Waals surface area contributed by atoms with Gasteiger partial charge in [-0.15, -0.1) is 0 Å². The summed E-state index contributed by atoms with van der Waals surface area (Å²) >= 11 is 0. The third-order valence-corrected chi connectivity index (χ3v) is 3.96. The van der Waals surface area contributed by atoms with E-state index in [-0.39, 0.29) is 13.0 Å². The summed E-state index contributed by atoms with van der Waals surface area (Å²) in [5.41, 5.74) is 0. The van der Waals surface area contributed by atoms with Gasteiger partial charge in [0.1, 0.15) is 6.04 Å². The number of carboxylic acids is 1. The van der Waals surface area contributed by atoms with E-state index in [1.807, 2.05) is 0 Å². The van der Waals surface area contributed by atoms with Crippen molar-refractivity contribution in [1.29, 1.82) is 0 Å². The van der Waals surface area contributed by atoms with Crippen molar-refractivity contribution in [2.45, 2.75) is 25.0 Å². The quantitative estimate of drug-likeness (QED) is 0.461. The molecule has 2 amide bonds. The van der Waals surface area contributed by atoms with Crippen LogP contribution in [0.5, 0.6) is 0 Å². The molecule has 2 heterocycles. The van der Waals surface area contributed by atoms with Crippen LogP contribution >= 0.6 is 0 Å². The molecule has 8 heteroatoms. The average Bonchev–Trinajstić information content (AvgIpc) is 2.87.